The molecule has 0 aliphatic carbocycles. The summed E-state index contributed by atoms with van der Waals surface area (Å²) in [4.78, 5) is 0. The molecule has 2 heterocycles. The summed E-state index contributed by atoms with van der Waals surface area (Å²) < 4.78 is 33.2. The maximum absolute atomic E-state index is 10.3. The van der Waals surface area contributed by atoms with Gasteiger partial charge in [-0.05, 0) is 13.8 Å². The van der Waals surface area contributed by atoms with Crippen LogP contribution < -0.4 is 0 Å². The van der Waals surface area contributed by atoms with E-state index in [4.69, 9.17) is 28.4 Å². The number of rotatable bonds is 4. The Morgan fingerprint density at radius 2 is 1.52 bits per heavy atom. The Bertz CT molecular complexity index is 366. The van der Waals surface area contributed by atoms with Crippen molar-refractivity contribution in [3.05, 3.63) is 0 Å². The number of fused-ring (bicyclic) bond motifs is 1. The third kappa shape index (κ3) is 2.60. The molecule has 2 rings (SSSR count). The normalized spacial score (nSPS) is 50.7. The van der Waals surface area contributed by atoms with Gasteiger partial charge in [-0.25, -0.2) is 0 Å². The van der Waals surface area contributed by atoms with Crippen molar-refractivity contribution in [1.82, 2.24) is 0 Å². The van der Waals surface area contributed by atoms with Gasteiger partial charge in [0.05, 0.1) is 6.61 Å². The van der Waals surface area contributed by atoms with Gasteiger partial charge in [0.15, 0.2) is 6.29 Å². The van der Waals surface area contributed by atoms with Crippen LogP contribution >= 0.6 is 0 Å². The molecule has 7 atom stereocenters. The van der Waals surface area contributed by atoms with E-state index in [0.29, 0.717) is 0 Å². The first kappa shape index (κ1) is 17.0. The fraction of sp³-hybridized carbons (Fsp3) is 1.00. The summed E-state index contributed by atoms with van der Waals surface area (Å²) >= 11 is 0. The van der Waals surface area contributed by atoms with Crippen LogP contribution in [0.15, 0.2) is 0 Å². The molecule has 0 spiro atoms. The monoisotopic (exact) mass is 308 g/mol. The number of aliphatic hydroxyl groups is 2. The second-order valence-corrected chi connectivity index (χ2v) is 5.42. The average molecular weight is 308 g/mol. The molecular weight excluding hydrogens is 284 g/mol. The Morgan fingerprint density at radius 3 is 1.95 bits per heavy atom. The van der Waals surface area contributed by atoms with Crippen LogP contribution in [0.3, 0.4) is 0 Å². The molecule has 0 aromatic rings. The molecule has 0 aromatic heterocycles. The lowest BCUT2D eigenvalue weighted by molar-refractivity contribution is -0.479. The average Bonchev–Trinajstić information content (AvgIpc) is 2.50. The molecule has 2 saturated heterocycles. The van der Waals surface area contributed by atoms with Crippen molar-refractivity contribution in [2.75, 3.05) is 27.9 Å². The van der Waals surface area contributed by atoms with E-state index in [2.05, 4.69) is 0 Å². The highest BCUT2D eigenvalue weighted by atomic mass is 16.8. The van der Waals surface area contributed by atoms with Gasteiger partial charge in [-0.3, -0.25) is 0 Å². The van der Waals surface area contributed by atoms with E-state index in [1.807, 2.05) is 0 Å². The maximum atomic E-state index is 10.3. The Hall–Kier alpha value is -0.320. The van der Waals surface area contributed by atoms with Crippen LogP contribution in [0.4, 0.5) is 0 Å². The minimum Gasteiger partial charge on any atom is -0.394 e. The second-order valence-electron chi connectivity index (χ2n) is 5.42. The highest BCUT2D eigenvalue weighted by molar-refractivity contribution is 4.99. The highest BCUT2D eigenvalue weighted by Gasteiger charge is 2.62. The van der Waals surface area contributed by atoms with Crippen LogP contribution in [0.5, 0.6) is 0 Å². The lowest BCUT2D eigenvalue weighted by Crippen LogP contribution is -2.73. The van der Waals surface area contributed by atoms with E-state index in [-0.39, 0.29) is 6.61 Å². The summed E-state index contributed by atoms with van der Waals surface area (Å²) in [5.74, 6) is -2.46. The maximum Gasteiger partial charge on any atom is 0.220 e. The Labute approximate surface area is 123 Å². The van der Waals surface area contributed by atoms with Gasteiger partial charge in [0.2, 0.25) is 11.6 Å². The molecule has 21 heavy (non-hydrogen) atoms. The fourth-order valence-electron chi connectivity index (χ4n) is 2.71. The van der Waals surface area contributed by atoms with Crippen LogP contribution in [0.25, 0.3) is 0 Å². The van der Waals surface area contributed by atoms with Gasteiger partial charge >= 0.3 is 0 Å². The molecule has 2 fully saturated rings. The summed E-state index contributed by atoms with van der Waals surface area (Å²) in [6.07, 6.45) is -4.21. The van der Waals surface area contributed by atoms with E-state index >= 15 is 0 Å². The van der Waals surface area contributed by atoms with Crippen LogP contribution in [-0.4, -0.2) is 80.4 Å². The molecule has 0 bridgehead atoms. The Balaban J connectivity index is 2.33. The minimum absolute atomic E-state index is 0.305. The minimum atomic E-state index is -1.24. The van der Waals surface area contributed by atoms with Crippen molar-refractivity contribution in [2.24, 2.45) is 0 Å². The fourth-order valence-corrected chi connectivity index (χ4v) is 2.71. The van der Waals surface area contributed by atoms with E-state index in [0.717, 1.165) is 0 Å². The topological polar surface area (TPSA) is 95.8 Å². The van der Waals surface area contributed by atoms with Gasteiger partial charge < -0.3 is 38.6 Å². The predicted molar refractivity (Wildman–Crippen MR) is 69.3 cm³/mol. The molecule has 124 valence electrons. The summed E-state index contributed by atoms with van der Waals surface area (Å²) in [7, 11) is 4.33. The lowest BCUT2D eigenvalue weighted by Gasteiger charge is -2.56. The van der Waals surface area contributed by atoms with Crippen LogP contribution in [0.2, 0.25) is 0 Å². The Kier molecular flexibility index (Phi) is 4.91. The smallest absolute Gasteiger partial charge is 0.220 e. The highest BCUT2D eigenvalue weighted by Crippen LogP contribution is 2.43. The number of aliphatic hydroxyl groups excluding tert-OH is 2. The number of hydrogen-bond acceptors (Lipinski definition) is 8. The number of ether oxygens (including phenoxy) is 6. The van der Waals surface area contributed by atoms with Gasteiger partial charge in [0.1, 0.15) is 24.4 Å². The van der Waals surface area contributed by atoms with Crippen molar-refractivity contribution < 1.29 is 38.6 Å². The van der Waals surface area contributed by atoms with Gasteiger partial charge in [-0.2, -0.15) is 0 Å². The van der Waals surface area contributed by atoms with E-state index in [9.17, 15) is 10.2 Å². The SMILES string of the molecule is CO[C@H]1O[C@H](CO)[C@H]2O[C@](C)(OC)[C@@](C)(OC)O[C@@H]2[C@H]1O. The molecule has 0 aromatic carbocycles. The largest absolute Gasteiger partial charge is 0.394 e. The zero-order valence-electron chi connectivity index (χ0n) is 12.9. The summed E-state index contributed by atoms with van der Waals surface area (Å²) in [6, 6.07) is 0. The van der Waals surface area contributed by atoms with E-state index in [1.165, 1.54) is 21.3 Å². The third-order valence-corrected chi connectivity index (χ3v) is 4.35. The van der Waals surface area contributed by atoms with E-state index in [1.54, 1.807) is 13.8 Å². The molecule has 0 saturated carbocycles. The first-order valence-corrected chi connectivity index (χ1v) is 6.79. The van der Waals surface area contributed by atoms with Crippen molar-refractivity contribution in [3.8, 4) is 0 Å². The van der Waals surface area contributed by atoms with E-state index < -0.39 is 42.3 Å². The van der Waals surface area contributed by atoms with Crippen LogP contribution in [0, 0.1) is 0 Å². The summed E-state index contributed by atoms with van der Waals surface area (Å²) in [5, 5.41) is 19.8. The van der Waals surface area contributed by atoms with Gasteiger partial charge in [0, 0.05) is 21.3 Å². The quantitative estimate of drug-likeness (QED) is 0.698. The van der Waals surface area contributed by atoms with Crippen molar-refractivity contribution in [2.45, 2.75) is 56.1 Å². The zero-order valence-corrected chi connectivity index (χ0v) is 12.9. The molecule has 2 N–H and O–H groups in total. The molecule has 0 amide bonds. The summed E-state index contributed by atoms with van der Waals surface area (Å²) in [6.45, 7) is 3.02. The Morgan fingerprint density at radius 1 is 1.00 bits per heavy atom. The third-order valence-electron chi connectivity index (χ3n) is 4.35. The first-order chi connectivity index (χ1) is 9.85. The van der Waals surface area contributed by atoms with Crippen LogP contribution in [-0.2, 0) is 28.4 Å². The van der Waals surface area contributed by atoms with Crippen LogP contribution in [0.1, 0.15) is 13.8 Å². The van der Waals surface area contributed by atoms with Gasteiger partial charge in [-0.1, -0.05) is 0 Å². The molecule has 0 unspecified atom stereocenters. The zero-order chi connectivity index (χ0) is 15.8. The standard InChI is InChI=1S/C13H24O8/c1-12(17-4)13(2,18-5)21-10-8(15)11(16-3)19-7(6-14)9(10)20-12/h7-11,14-15H,6H2,1-5H3/t7-,8-,9-,10-,11+,12+,13+/m1/s1. The van der Waals surface area contributed by atoms with Gasteiger partial charge in [-0.15, -0.1) is 0 Å². The molecule has 8 heteroatoms. The van der Waals surface area contributed by atoms with Gasteiger partial charge in [0.25, 0.3) is 0 Å². The second kappa shape index (κ2) is 6.05. The molecule has 2 aliphatic heterocycles. The van der Waals surface area contributed by atoms with Crippen molar-refractivity contribution in [1.29, 1.82) is 0 Å². The molecular formula is C13H24O8. The first-order valence-electron chi connectivity index (χ1n) is 6.79. The molecule has 2 aliphatic rings. The number of hydrogen-bond donors (Lipinski definition) is 2. The lowest BCUT2D eigenvalue weighted by atomic mass is 9.94. The molecule has 0 radical (unpaired) electrons. The number of methoxy groups -OCH3 is 3. The van der Waals surface area contributed by atoms with Crippen molar-refractivity contribution >= 4 is 0 Å². The van der Waals surface area contributed by atoms with Crippen molar-refractivity contribution in [3.63, 3.8) is 0 Å². The molecule has 8 nitrogen and oxygen atoms in total. The predicted octanol–water partition coefficient (Wildman–Crippen LogP) is -0.780. The summed E-state index contributed by atoms with van der Waals surface area (Å²) in [5.41, 5.74) is 0.